The van der Waals surface area contributed by atoms with Crippen LogP contribution >= 0.6 is 0 Å². The first kappa shape index (κ1) is 15.7. The summed E-state index contributed by atoms with van der Waals surface area (Å²) in [5.41, 5.74) is 4.88. The van der Waals surface area contributed by atoms with Crippen LogP contribution in [0.1, 0.15) is 52.9 Å². The van der Waals surface area contributed by atoms with Crippen molar-refractivity contribution in [2.45, 2.75) is 82.8 Å². The molecule has 0 aromatic carbocycles. The van der Waals surface area contributed by atoms with Gasteiger partial charge in [0.25, 0.3) is 0 Å². The van der Waals surface area contributed by atoms with Crippen molar-refractivity contribution in [3.05, 3.63) is 0 Å². The molecule has 0 aromatic rings. The van der Waals surface area contributed by atoms with E-state index in [1.165, 1.54) is 0 Å². The van der Waals surface area contributed by atoms with E-state index < -0.39 is 5.54 Å². The van der Waals surface area contributed by atoms with E-state index in [0.29, 0.717) is 19.1 Å². The van der Waals surface area contributed by atoms with Crippen molar-refractivity contribution in [2.75, 3.05) is 6.61 Å². The molecule has 2 rings (SSSR count). The summed E-state index contributed by atoms with van der Waals surface area (Å²) in [7, 11) is 0. The van der Waals surface area contributed by atoms with Crippen molar-refractivity contribution in [3.63, 3.8) is 0 Å². The average Bonchev–Trinajstić information content (AvgIpc) is 3.11. The Morgan fingerprint density at radius 2 is 1.95 bits per heavy atom. The molecule has 2 fully saturated rings. The van der Waals surface area contributed by atoms with Gasteiger partial charge in [-0.05, 0) is 52.9 Å². The number of rotatable bonds is 7. The Hall–Kier alpha value is -0.650. The van der Waals surface area contributed by atoms with Crippen LogP contribution in [0.4, 0.5) is 0 Å². The van der Waals surface area contributed by atoms with Crippen LogP contribution in [0.25, 0.3) is 0 Å². The Morgan fingerprint density at radius 1 is 1.35 bits per heavy atom. The Kier molecular flexibility index (Phi) is 5.04. The summed E-state index contributed by atoms with van der Waals surface area (Å²) < 4.78 is 11.6. The van der Waals surface area contributed by atoms with Crippen molar-refractivity contribution < 1.29 is 14.3 Å². The molecule has 1 amide bonds. The third-order valence-electron chi connectivity index (χ3n) is 4.25. The summed E-state index contributed by atoms with van der Waals surface area (Å²) in [4.78, 5) is 11.7. The lowest BCUT2D eigenvalue weighted by molar-refractivity contribution is -0.127. The number of nitrogens with one attached hydrogen (secondary N) is 1. The number of nitrogens with two attached hydrogens (primary N) is 1. The van der Waals surface area contributed by atoms with Crippen LogP contribution in [0, 0.1) is 0 Å². The molecule has 0 radical (unpaired) electrons. The fourth-order valence-electron chi connectivity index (χ4n) is 2.85. The highest BCUT2D eigenvalue weighted by Crippen LogP contribution is 2.25. The smallest absolute Gasteiger partial charge is 0.237 e. The molecule has 3 unspecified atom stereocenters. The Morgan fingerprint density at radius 3 is 2.45 bits per heavy atom. The molecule has 1 saturated carbocycles. The van der Waals surface area contributed by atoms with Gasteiger partial charge in [0.1, 0.15) is 0 Å². The Bertz CT molecular complexity index is 336. The van der Waals surface area contributed by atoms with Crippen LogP contribution in [0.5, 0.6) is 0 Å². The second-order valence-electron chi connectivity index (χ2n) is 6.59. The van der Waals surface area contributed by atoms with E-state index in [-0.39, 0.29) is 24.2 Å². The van der Waals surface area contributed by atoms with Crippen LogP contribution in [-0.2, 0) is 14.3 Å². The van der Waals surface area contributed by atoms with Gasteiger partial charge in [0.05, 0.1) is 23.9 Å². The molecule has 0 aromatic heterocycles. The lowest BCUT2D eigenvalue weighted by atomic mass is 9.97. The first-order valence-electron chi connectivity index (χ1n) is 7.74. The molecular weight excluding hydrogens is 256 g/mol. The van der Waals surface area contributed by atoms with Gasteiger partial charge in [-0.2, -0.15) is 0 Å². The maximum Gasteiger partial charge on any atom is 0.237 e. The predicted molar refractivity (Wildman–Crippen MR) is 77.4 cm³/mol. The van der Waals surface area contributed by atoms with Crippen molar-refractivity contribution in [1.29, 1.82) is 0 Å². The minimum Gasteiger partial charge on any atom is -0.378 e. The van der Waals surface area contributed by atoms with E-state index in [2.05, 4.69) is 19.2 Å². The van der Waals surface area contributed by atoms with Gasteiger partial charge in [-0.1, -0.05) is 0 Å². The SMILES string of the molecule is CC1CC(OCCC(C)(NC2CC2)C(N)=O)CC(C)O1. The van der Waals surface area contributed by atoms with Crippen molar-refractivity contribution in [2.24, 2.45) is 5.73 Å². The van der Waals surface area contributed by atoms with Crippen LogP contribution in [0.2, 0.25) is 0 Å². The standard InChI is InChI=1S/C15H28N2O3/c1-10-8-13(9-11(2)20-10)19-7-6-15(3,14(16)18)17-12-4-5-12/h10-13,17H,4-9H2,1-3H3,(H2,16,18). The molecule has 0 spiro atoms. The Balaban J connectivity index is 1.76. The van der Waals surface area contributed by atoms with E-state index in [1.54, 1.807) is 0 Å². The first-order chi connectivity index (χ1) is 9.39. The zero-order valence-electron chi connectivity index (χ0n) is 12.9. The quantitative estimate of drug-likeness (QED) is 0.740. The molecule has 116 valence electrons. The first-order valence-corrected chi connectivity index (χ1v) is 7.74. The van der Waals surface area contributed by atoms with Gasteiger partial charge in [-0.3, -0.25) is 4.79 Å². The number of carbonyl (C=O) groups is 1. The van der Waals surface area contributed by atoms with E-state index >= 15 is 0 Å². The molecule has 5 nitrogen and oxygen atoms in total. The van der Waals surface area contributed by atoms with Gasteiger partial charge in [-0.25, -0.2) is 0 Å². The highest BCUT2D eigenvalue weighted by molar-refractivity contribution is 5.84. The zero-order chi connectivity index (χ0) is 14.8. The summed E-state index contributed by atoms with van der Waals surface area (Å²) in [6.45, 7) is 6.60. The summed E-state index contributed by atoms with van der Waals surface area (Å²) in [5, 5.41) is 3.34. The van der Waals surface area contributed by atoms with Gasteiger partial charge in [-0.15, -0.1) is 0 Å². The minimum absolute atomic E-state index is 0.229. The molecule has 0 bridgehead atoms. The predicted octanol–water partition coefficient (Wildman–Crippen LogP) is 1.35. The minimum atomic E-state index is -0.649. The number of hydrogen-bond donors (Lipinski definition) is 2. The summed E-state index contributed by atoms with van der Waals surface area (Å²) in [6, 6.07) is 0.454. The molecule has 1 aliphatic carbocycles. The fourth-order valence-corrected chi connectivity index (χ4v) is 2.85. The molecule has 1 saturated heterocycles. The lowest BCUT2D eigenvalue weighted by Crippen LogP contribution is -2.54. The maximum absolute atomic E-state index is 11.7. The van der Waals surface area contributed by atoms with Crippen molar-refractivity contribution in [3.8, 4) is 0 Å². The molecule has 1 aliphatic heterocycles. The highest BCUT2D eigenvalue weighted by atomic mass is 16.5. The van der Waals surface area contributed by atoms with Crippen LogP contribution in [-0.4, -0.2) is 42.4 Å². The van der Waals surface area contributed by atoms with Gasteiger partial charge in [0.15, 0.2) is 0 Å². The number of carbonyl (C=O) groups excluding carboxylic acids is 1. The van der Waals surface area contributed by atoms with E-state index in [4.69, 9.17) is 15.2 Å². The summed E-state index contributed by atoms with van der Waals surface area (Å²) in [5.74, 6) is -0.290. The van der Waals surface area contributed by atoms with E-state index in [0.717, 1.165) is 25.7 Å². The Labute approximate surface area is 121 Å². The fraction of sp³-hybridized carbons (Fsp3) is 0.933. The van der Waals surface area contributed by atoms with Gasteiger partial charge >= 0.3 is 0 Å². The topological polar surface area (TPSA) is 73.6 Å². The molecule has 3 atom stereocenters. The number of amides is 1. The molecular formula is C15H28N2O3. The molecule has 5 heteroatoms. The monoisotopic (exact) mass is 284 g/mol. The van der Waals surface area contributed by atoms with Crippen LogP contribution < -0.4 is 11.1 Å². The second kappa shape index (κ2) is 6.41. The largest absolute Gasteiger partial charge is 0.378 e. The highest BCUT2D eigenvalue weighted by Gasteiger charge is 2.37. The zero-order valence-corrected chi connectivity index (χ0v) is 12.9. The molecule has 1 heterocycles. The van der Waals surface area contributed by atoms with Crippen LogP contribution in [0.3, 0.4) is 0 Å². The number of ether oxygens (including phenoxy) is 2. The number of primary amides is 1. The van der Waals surface area contributed by atoms with E-state index in [1.807, 2.05) is 6.92 Å². The van der Waals surface area contributed by atoms with Crippen molar-refractivity contribution in [1.82, 2.24) is 5.32 Å². The number of hydrogen-bond acceptors (Lipinski definition) is 4. The molecule has 2 aliphatic rings. The average molecular weight is 284 g/mol. The van der Waals surface area contributed by atoms with Gasteiger partial charge in [0.2, 0.25) is 5.91 Å². The molecule has 3 N–H and O–H groups in total. The van der Waals surface area contributed by atoms with Gasteiger partial charge in [0, 0.05) is 12.6 Å². The van der Waals surface area contributed by atoms with Crippen molar-refractivity contribution >= 4 is 5.91 Å². The summed E-state index contributed by atoms with van der Waals surface area (Å²) >= 11 is 0. The van der Waals surface area contributed by atoms with Crippen LogP contribution in [0.15, 0.2) is 0 Å². The molecule has 20 heavy (non-hydrogen) atoms. The maximum atomic E-state index is 11.7. The normalized spacial score (nSPS) is 33.6. The summed E-state index contributed by atoms with van der Waals surface area (Å²) in [6.07, 6.45) is 5.47. The van der Waals surface area contributed by atoms with Gasteiger partial charge < -0.3 is 20.5 Å². The third kappa shape index (κ3) is 4.43. The third-order valence-corrected chi connectivity index (χ3v) is 4.25. The van der Waals surface area contributed by atoms with E-state index in [9.17, 15) is 4.79 Å². The lowest BCUT2D eigenvalue weighted by Gasteiger charge is -2.33. The second-order valence-corrected chi connectivity index (χ2v) is 6.59.